The second-order valence-electron chi connectivity index (χ2n) is 7.04. The van der Waals surface area contributed by atoms with Gasteiger partial charge >= 0.3 is 0 Å². The first kappa shape index (κ1) is 19.0. The van der Waals surface area contributed by atoms with Gasteiger partial charge in [-0.3, -0.25) is 9.59 Å². The summed E-state index contributed by atoms with van der Waals surface area (Å²) in [5.74, 6) is 0.292. The van der Waals surface area contributed by atoms with Crippen molar-refractivity contribution in [3.63, 3.8) is 0 Å². The van der Waals surface area contributed by atoms with Gasteiger partial charge in [0.1, 0.15) is 5.75 Å². The molecule has 0 aliphatic carbocycles. The second-order valence-corrected chi connectivity index (χ2v) is 7.04. The van der Waals surface area contributed by atoms with E-state index < -0.39 is 0 Å². The van der Waals surface area contributed by atoms with Crippen molar-refractivity contribution < 1.29 is 14.3 Å². The van der Waals surface area contributed by atoms with Crippen LogP contribution in [-0.2, 0) is 9.59 Å². The van der Waals surface area contributed by atoms with E-state index in [-0.39, 0.29) is 24.2 Å². The standard InChI is InChI=1S/C22H26N2O3/c1-4-11-27-20-9-7-19(8-10-20)24-14-17(13-21(24)25)22(26)23-18-6-5-15(2)16(3)12-18/h5-10,12,17H,4,11,13-14H2,1-3H3,(H,23,26)/t17-/m1/s1. The Hall–Kier alpha value is -2.82. The Labute approximate surface area is 160 Å². The van der Waals surface area contributed by atoms with Crippen molar-refractivity contribution in [1.82, 2.24) is 0 Å². The number of aryl methyl sites for hydroxylation is 2. The molecular formula is C22H26N2O3. The Morgan fingerprint density at radius 1 is 1.15 bits per heavy atom. The predicted molar refractivity (Wildman–Crippen MR) is 107 cm³/mol. The highest BCUT2D eigenvalue weighted by Gasteiger charge is 2.35. The summed E-state index contributed by atoms with van der Waals surface area (Å²) in [6.07, 6.45) is 1.18. The highest BCUT2D eigenvalue weighted by molar-refractivity contribution is 6.03. The molecule has 5 nitrogen and oxygen atoms in total. The minimum Gasteiger partial charge on any atom is -0.494 e. The lowest BCUT2D eigenvalue weighted by atomic mass is 10.1. The van der Waals surface area contributed by atoms with Gasteiger partial charge in [-0.2, -0.15) is 0 Å². The van der Waals surface area contributed by atoms with Crippen LogP contribution < -0.4 is 15.0 Å². The van der Waals surface area contributed by atoms with Gasteiger partial charge in [-0.1, -0.05) is 13.0 Å². The van der Waals surface area contributed by atoms with Crippen LogP contribution in [0.25, 0.3) is 0 Å². The maximum Gasteiger partial charge on any atom is 0.229 e. The Kier molecular flexibility index (Phi) is 5.79. The zero-order chi connectivity index (χ0) is 19.4. The van der Waals surface area contributed by atoms with Gasteiger partial charge in [-0.15, -0.1) is 0 Å². The van der Waals surface area contributed by atoms with Crippen LogP contribution in [0.3, 0.4) is 0 Å². The Bertz CT molecular complexity index is 830. The third kappa shape index (κ3) is 4.48. The van der Waals surface area contributed by atoms with Gasteiger partial charge in [0.2, 0.25) is 11.8 Å². The molecule has 1 aliphatic rings. The van der Waals surface area contributed by atoms with Crippen LogP contribution in [0, 0.1) is 19.8 Å². The summed E-state index contributed by atoms with van der Waals surface area (Å²) in [7, 11) is 0. The van der Waals surface area contributed by atoms with E-state index in [0.29, 0.717) is 13.2 Å². The lowest BCUT2D eigenvalue weighted by Gasteiger charge is -2.17. The molecule has 2 aromatic carbocycles. The smallest absolute Gasteiger partial charge is 0.229 e. The fourth-order valence-electron chi connectivity index (χ4n) is 3.14. The van der Waals surface area contributed by atoms with Gasteiger partial charge in [0, 0.05) is 24.3 Å². The fourth-order valence-corrected chi connectivity index (χ4v) is 3.14. The number of amides is 2. The highest BCUT2D eigenvalue weighted by Crippen LogP contribution is 2.28. The number of ether oxygens (including phenoxy) is 1. The Balaban J connectivity index is 1.64. The summed E-state index contributed by atoms with van der Waals surface area (Å²) in [4.78, 5) is 26.7. The van der Waals surface area contributed by atoms with Gasteiger partial charge in [0.25, 0.3) is 0 Å². The molecule has 1 N–H and O–H groups in total. The molecule has 5 heteroatoms. The lowest BCUT2D eigenvalue weighted by Crippen LogP contribution is -2.28. The van der Waals surface area contributed by atoms with Crippen molar-refractivity contribution in [2.24, 2.45) is 5.92 Å². The number of nitrogens with one attached hydrogen (secondary N) is 1. The zero-order valence-electron chi connectivity index (χ0n) is 16.1. The predicted octanol–water partition coefficient (Wildman–Crippen LogP) is 4.08. The average Bonchev–Trinajstić information content (AvgIpc) is 3.05. The van der Waals surface area contributed by atoms with Gasteiger partial charge in [-0.05, 0) is 67.8 Å². The molecule has 0 spiro atoms. The van der Waals surface area contributed by atoms with Crippen molar-refractivity contribution in [3.05, 3.63) is 53.6 Å². The van der Waals surface area contributed by atoms with Crippen molar-refractivity contribution in [3.8, 4) is 5.75 Å². The van der Waals surface area contributed by atoms with E-state index in [2.05, 4.69) is 12.2 Å². The largest absolute Gasteiger partial charge is 0.494 e. The average molecular weight is 366 g/mol. The summed E-state index contributed by atoms with van der Waals surface area (Å²) < 4.78 is 5.58. The van der Waals surface area contributed by atoms with E-state index in [1.165, 1.54) is 5.56 Å². The molecule has 1 aliphatic heterocycles. The summed E-state index contributed by atoms with van der Waals surface area (Å²) in [6.45, 7) is 7.17. The fraction of sp³-hybridized carbons (Fsp3) is 0.364. The lowest BCUT2D eigenvalue weighted by molar-refractivity contribution is -0.122. The SMILES string of the molecule is CCCOc1ccc(N2C[C@H](C(=O)Nc3ccc(C)c(C)c3)CC2=O)cc1. The summed E-state index contributed by atoms with van der Waals surface area (Å²) in [5, 5.41) is 2.94. The summed E-state index contributed by atoms with van der Waals surface area (Å²) in [5.41, 5.74) is 3.88. The minimum absolute atomic E-state index is 0.0301. The Morgan fingerprint density at radius 2 is 1.89 bits per heavy atom. The molecule has 0 bridgehead atoms. The number of benzene rings is 2. The molecule has 2 aromatic rings. The molecule has 0 unspecified atom stereocenters. The Morgan fingerprint density at radius 3 is 2.56 bits per heavy atom. The molecule has 142 valence electrons. The van der Waals surface area contributed by atoms with Crippen molar-refractivity contribution >= 4 is 23.2 Å². The van der Waals surface area contributed by atoms with Gasteiger partial charge in [0.15, 0.2) is 0 Å². The quantitative estimate of drug-likeness (QED) is 0.838. The number of hydrogen-bond acceptors (Lipinski definition) is 3. The molecule has 3 rings (SSSR count). The van der Waals surface area contributed by atoms with E-state index in [9.17, 15) is 9.59 Å². The highest BCUT2D eigenvalue weighted by atomic mass is 16.5. The number of hydrogen-bond donors (Lipinski definition) is 1. The molecule has 0 aromatic heterocycles. The summed E-state index contributed by atoms with van der Waals surface area (Å²) >= 11 is 0. The van der Waals surface area contributed by atoms with Crippen LogP contribution in [0.5, 0.6) is 5.75 Å². The van der Waals surface area contributed by atoms with Crippen LogP contribution in [0.15, 0.2) is 42.5 Å². The summed E-state index contributed by atoms with van der Waals surface area (Å²) in [6, 6.07) is 13.3. The second kappa shape index (κ2) is 8.25. The third-order valence-corrected chi connectivity index (χ3v) is 4.89. The van der Waals surface area contributed by atoms with Crippen LogP contribution in [0.4, 0.5) is 11.4 Å². The number of rotatable bonds is 6. The molecule has 27 heavy (non-hydrogen) atoms. The van der Waals surface area contributed by atoms with Crippen LogP contribution in [0.1, 0.15) is 30.9 Å². The van der Waals surface area contributed by atoms with Crippen LogP contribution in [0.2, 0.25) is 0 Å². The van der Waals surface area contributed by atoms with E-state index in [1.807, 2.05) is 56.3 Å². The van der Waals surface area contributed by atoms with E-state index >= 15 is 0 Å². The molecule has 1 fully saturated rings. The topological polar surface area (TPSA) is 58.6 Å². The zero-order valence-corrected chi connectivity index (χ0v) is 16.1. The maximum atomic E-state index is 12.6. The number of nitrogens with zero attached hydrogens (tertiary/aromatic N) is 1. The molecule has 1 saturated heterocycles. The monoisotopic (exact) mass is 366 g/mol. The first-order valence-corrected chi connectivity index (χ1v) is 9.39. The van der Waals surface area contributed by atoms with E-state index in [1.54, 1.807) is 4.90 Å². The molecule has 0 radical (unpaired) electrons. The van der Waals surface area contributed by atoms with Crippen molar-refractivity contribution in [2.75, 3.05) is 23.4 Å². The number of carbonyl (C=O) groups excluding carboxylic acids is 2. The van der Waals surface area contributed by atoms with Crippen molar-refractivity contribution in [1.29, 1.82) is 0 Å². The molecule has 1 heterocycles. The molecule has 1 atom stereocenters. The molecular weight excluding hydrogens is 340 g/mol. The van der Waals surface area contributed by atoms with Gasteiger partial charge < -0.3 is 15.0 Å². The van der Waals surface area contributed by atoms with E-state index in [4.69, 9.17) is 4.74 Å². The minimum atomic E-state index is -0.352. The first-order chi connectivity index (χ1) is 13.0. The third-order valence-electron chi connectivity index (χ3n) is 4.89. The number of anilines is 2. The van der Waals surface area contributed by atoms with Gasteiger partial charge in [-0.25, -0.2) is 0 Å². The maximum absolute atomic E-state index is 12.6. The molecule has 2 amide bonds. The van der Waals surface area contributed by atoms with E-state index in [0.717, 1.165) is 29.1 Å². The molecule has 0 saturated carbocycles. The van der Waals surface area contributed by atoms with Crippen molar-refractivity contribution in [2.45, 2.75) is 33.6 Å². The number of carbonyl (C=O) groups is 2. The van der Waals surface area contributed by atoms with Gasteiger partial charge in [0.05, 0.1) is 12.5 Å². The first-order valence-electron chi connectivity index (χ1n) is 9.39. The van der Waals surface area contributed by atoms with Crippen LogP contribution in [-0.4, -0.2) is 25.0 Å². The normalized spacial score (nSPS) is 16.5. The van der Waals surface area contributed by atoms with Crippen LogP contribution >= 0.6 is 0 Å².